The third kappa shape index (κ3) is 2.80. The van der Waals surface area contributed by atoms with Crippen LogP contribution < -0.4 is 5.32 Å². The molecule has 0 fully saturated rings. The predicted molar refractivity (Wildman–Crippen MR) is 67.7 cm³/mol. The van der Waals surface area contributed by atoms with Crippen molar-refractivity contribution < 1.29 is 14.3 Å². The molecular weight excluding hydrogens is 256 g/mol. The molecule has 0 spiro atoms. The van der Waals surface area contributed by atoms with Crippen LogP contribution in [-0.4, -0.2) is 28.6 Å². The summed E-state index contributed by atoms with van der Waals surface area (Å²) in [7, 11) is 0. The Morgan fingerprint density at radius 2 is 2.39 bits per heavy atom. The molecule has 0 radical (unpaired) electrons. The largest absolute Gasteiger partial charge is 0.428 e. The predicted octanol–water partition coefficient (Wildman–Crippen LogP) is 1.98. The molecule has 5 nitrogen and oxygen atoms in total. The SMILES string of the molecule is C[C@@H](CCO)NC(=O)c1ccc2nc(Cl)oc2c1. The first-order valence-corrected chi connectivity index (χ1v) is 5.96. The molecule has 2 aromatic rings. The van der Waals surface area contributed by atoms with E-state index in [2.05, 4.69) is 10.3 Å². The fourth-order valence-corrected chi connectivity index (χ4v) is 1.78. The Labute approximate surface area is 109 Å². The zero-order valence-corrected chi connectivity index (χ0v) is 10.6. The summed E-state index contributed by atoms with van der Waals surface area (Å²) in [5, 5.41) is 11.6. The van der Waals surface area contributed by atoms with Crippen molar-refractivity contribution in [2.75, 3.05) is 6.61 Å². The van der Waals surface area contributed by atoms with Crippen molar-refractivity contribution in [3.63, 3.8) is 0 Å². The maximum Gasteiger partial charge on any atom is 0.293 e. The summed E-state index contributed by atoms with van der Waals surface area (Å²) in [5.74, 6) is -0.217. The first-order valence-electron chi connectivity index (χ1n) is 5.58. The highest BCUT2D eigenvalue weighted by Gasteiger charge is 2.12. The van der Waals surface area contributed by atoms with Gasteiger partial charge in [0.2, 0.25) is 0 Å². The number of carbonyl (C=O) groups is 1. The second-order valence-electron chi connectivity index (χ2n) is 4.04. The lowest BCUT2D eigenvalue weighted by Gasteiger charge is -2.12. The van der Waals surface area contributed by atoms with Crippen LogP contribution >= 0.6 is 11.6 Å². The molecule has 1 atom stereocenters. The van der Waals surface area contributed by atoms with Crippen LogP contribution in [0.3, 0.4) is 0 Å². The van der Waals surface area contributed by atoms with Gasteiger partial charge >= 0.3 is 0 Å². The van der Waals surface area contributed by atoms with E-state index >= 15 is 0 Å². The molecular formula is C12H13ClN2O3. The highest BCUT2D eigenvalue weighted by atomic mass is 35.5. The quantitative estimate of drug-likeness (QED) is 0.889. The lowest BCUT2D eigenvalue weighted by Crippen LogP contribution is -2.33. The standard InChI is InChI=1S/C12H13ClN2O3/c1-7(4-5-16)14-11(17)8-2-3-9-10(6-8)18-12(13)15-9/h2-3,6-7,16H,4-5H2,1H3,(H,14,17)/t7-/m0/s1. The summed E-state index contributed by atoms with van der Waals surface area (Å²) < 4.78 is 5.15. The average Bonchev–Trinajstić information content (AvgIpc) is 2.68. The van der Waals surface area contributed by atoms with Gasteiger partial charge in [-0.3, -0.25) is 4.79 Å². The van der Waals surface area contributed by atoms with Gasteiger partial charge in [0.15, 0.2) is 5.58 Å². The summed E-state index contributed by atoms with van der Waals surface area (Å²) in [5.41, 5.74) is 1.56. The molecule has 1 aromatic carbocycles. The van der Waals surface area contributed by atoms with Crippen LogP contribution in [0.1, 0.15) is 23.7 Å². The maximum atomic E-state index is 11.9. The summed E-state index contributed by atoms with van der Waals surface area (Å²) in [6, 6.07) is 4.84. The van der Waals surface area contributed by atoms with Gasteiger partial charge in [0.1, 0.15) is 5.52 Å². The van der Waals surface area contributed by atoms with E-state index in [0.29, 0.717) is 23.1 Å². The molecule has 0 aliphatic rings. The molecule has 2 N–H and O–H groups in total. The molecule has 96 valence electrons. The van der Waals surface area contributed by atoms with Crippen molar-refractivity contribution in [3.05, 3.63) is 29.1 Å². The normalized spacial score (nSPS) is 12.6. The van der Waals surface area contributed by atoms with Crippen LogP contribution in [-0.2, 0) is 0 Å². The molecule has 0 aliphatic carbocycles. The Morgan fingerprint density at radius 3 is 3.11 bits per heavy atom. The molecule has 0 bridgehead atoms. The molecule has 1 aromatic heterocycles. The van der Waals surface area contributed by atoms with Crippen LogP contribution in [0.25, 0.3) is 11.1 Å². The van der Waals surface area contributed by atoms with Crippen molar-refractivity contribution in [2.45, 2.75) is 19.4 Å². The van der Waals surface area contributed by atoms with Crippen LogP contribution in [0.15, 0.2) is 22.6 Å². The molecule has 2 rings (SSSR count). The van der Waals surface area contributed by atoms with Gasteiger partial charge < -0.3 is 14.8 Å². The van der Waals surface area contributed by atoms with Crippen molar-refractivity contribution in [1.82, 2.24) is 10.3 Å². The van der Waals surface area contributed by atoms with E-state index in [0.717, 1.165) is 0 Å². The second-order valence-corrected chi connectivity index (χ2v) is 4.36. The van der Waals surface area contributed by atoms with Crippen molar-refractivity contribution in [3.8, 4) is 0 Å². The second kappa shape index (κ2) is 5.37. The molecule has 18 heavy (non-hydrogen) atoms. The smallest absolute Gasteiger partial charge is 0.293 e. The van der Waals surface area contributed by atoms with Gasteiger partial charge in [-0.1, -0.05) is 0 Å². The molecule has 6 heteroatoms. The van der Waals surface area contributed by atoms with Gasteiger partial charge in [0, 0.05) is 18.2 Å². The van der Waals surface area contributed by atoms with Crippen molar-refractivity contribution in [2.24, 2.45) is 0 Å². The molecule has 0 unspecified atom stereocenters. The number of nitrogens with zero attached hydrogens (tertiary/aromatic N) is 1. The van der Waals surface area contributed by atoms with E-state index in [1.165, 1.54) is 0 Å². The highest BCUT2D eigenvalue weighted by Crippen LogP contribution is 2.20. The van der Waals surface area contributed by atoms with E-state index in [9.17, 15) is 4.79 Å². The monoisotopic (exact) mass is 268 g/mol. The van der Waals surface area contributed by atoms with Gasteiger partial charge in [-0.15, -0.1) is 0 Å². The van der Waals surface area contributed by atoms with Crippen LogP contribution in [0.2, 0.25) is 5.35 Å². The Balaban J connectivity index is 2.17. The lowest BCUT2D eigenvalue weighted by molar-refractivity contribution is 0.0934. The fraction of sp³-hybridized carbons (Fsp3) is 0.333. The van der Waals surface area contributed by atoms with E-state index in [4.69, 9.17) is 21.1 Å². The van der Waals surface area contributed by atoms with Gasteiger partial charge in [-0.05, 0) is 43.1 Å². The topological polar surface area (TPSA) is 75.4 Å². The summed E-state index contributed by atoms with van der Waals surface area (Å²) in [6.45, 7) is 1.87. The third-order valence-corrected chi connectivity index (χ3v) is 2.73. The summed E-state index contributed by atoms with van der Waals surface area (Å²) >= 11 is 5.63. The van der Waals surface area contributed by atoms with Crippen LogP contribution in [0, 0.1) is 0 Å². The van der Waals surface area contributed by atoms with Gasteiger partial charge in [-0.25, -0.2) is 0 Å². The number of amides is 1. The molecule has 0 saturated carbocycles. The van der Waals surface area contributed by atoms with E-state index in [1.807, 2.05) is 6.92 Å². The zero-order valence-electron chi connectivity index (χ0n) is 9.81. The molecule has 0 aliphatic heterocycles. The highest BCUT2D eigenvalue weighted by molar-refractivity contribution is 6.28. The molecule has 1 amide bonds. The third-order valence-electron chi connectivity index (χ3n) is 2.56. The number of fused-ring (bicyclic) bond motifs is 1. The minimum atomic E-state index is -0.217. The lowest BCUT2D eigenvalue weighted by atomic mass is 10.1. The van der Waals surface area contributed by atoms with E-state index in [-0.39, 0.29) is 23.9 Å². The number of rotatable bonds is 4. The van der Waals surface area contributed by atoms with Crippen LogP contribution in [0.5, 0.6) is 0 Å². The van der Waals surface area contributed by atoms with Crippen LogP contribution in [0.4, 0.5) is 0 Å². The average molecular weight is 269 g/mol. The first-order chi connectivity index (χ1) is 8.60. The number of aromatic nitrogens is 1. The number of hydrogen-bond donors (Lipinski definition) is 2. The number of carbonyl (C=O) groups excluding carboxylic acids is 1. The first kappa shape index (κ1) is 12.9. The minimum Gasteiger partial charge on any atom is -0.428 e. The molecule has 0 saturated heterocycles. The number of halogens is 1. The zero-order chi connectivity index (χ0) is 13.1. The van der Waals surface area contributed by atoms with Crippen molar-refractivity contribution in [1.29, 1.82) is 0 Å². The Morgan fingerprint density at radius 1 is 1.61 bits per heavy atom. The van der Waals surface area contributed by atoms with E-state index in [1.54, 1.807) is 18.2 Å². The maximum absolute atomic E-state index is 11.9. The van der Waals surface area contributed by atoms with Gasteiger partial charge in [0.25, 0.3) is 11.3 Å². The van der Waals surface area contributed by atoms with Gasteiger partial charge in [0.05, 0.1) is 0 Å². The minimum absolute atomic E-state index is 0.0399. The number of hydrogen-bond acceptors (Lipinski definition) is 4. The number of aliphatic hydroxyl groups is 1. The number of aliphatic hydroxyl groups excluding tert-OH is 1. The molecule has 1 heterocycles. The fourth-order valence-electron chi connectivity index (χ4n) is 1.61. The summed E-state index contributed by atoms with van der Waals surface area (Å²) in [4.78, 5) is 15.8. The van der Waals surface area contributed by atoms with Crippen molar-refractivity contribution >= 4 is 28.6 Å². The number of benzene rings is 1. The Bertz CT molecular complexity index is 567. The number of nitrogens with one attached hydrogen (secondary N) is 1. The number of oxazole rings is 1. The Hall–Kier alpha value is -1.59. The van der Waals surface area contributed by atoms with Gasteiger partial charge in [-0.2, -0.15) is 4.98 Å². The summed E-state index contributed by atoms with van der Waals surface area (Å²) in [6.07, 6.45) is 0.516. The Kier molecular flexibility index (Phi) is 3.84. The van der Waals surface area contributed by atoms with E-state index < -0.39 is 0 Å².